The number of aliphatic carboxylic acids is 1. The number of hydrogen-bond donors (Lipinski definition) is 3. The summed E-state index contributed by atoms with van der Waals surface area (Å²) in [6.07, 6.45) is 3.58. The molecule has 0 radical (unpaired) electrons. The molecule has 2 amide bonds. The van der Waals surface area contributed by atoms with Crippen molar-refractivity contribution in [3.8, 4) is 0 Å². The summed E-state index contributed by atoms with van der Waals surface area (Å²) in [7, 11) is 0. The van der Waals surface area contributed by atoms with Crippen LogP contribution in [0.4, 0.5) is 4.79 Å². The molecule has 6 heteroatoms. The molecule has 0 aliphatic carbocycles. The first kappa shape index (κ1) is 16.1. The fourth-order valence-electron chi connectivity index (χ4n) is 1.94. The van der Waals surface area contributed by atoms with Crippen LogP contribution in [0.5, 0.6) is 0 Å². The fourth-order valence-corrected chi connectivity index (χ4v) is 1.94. The molecule has 1 unspecified atom stereocenters. The number of urea groups is 1. The van der Waals surface area contributed by atoms with Crippen LogP contribution in [-0.4, -0.2) is 23.1 Å². The molecule has 1 aromatic rings. The smallest absolute Gasteiger partial charge is 0.315 e. The standard InChI is InChI=1S/C14H22N2O4/c1-14(2,3)7-11(6-12(17)18)16-13(19)15-8-10-4-5-20-9-10/h4-5,9,11H,6-8H2,1-3H3,(H,17,18)(H2,15,16,19). The number of carboxylic acid groups (broad SMARTS) is 1. The SMILES string of the molecule is CC(C)(C)CC(CC(=O)O)NC(=O)NCc1ccoc1. The number of carbonyl (C=O) groups excluding carboxylic acids is 1. The highest BCUT2D eigenvalue weighted by molar-refractivity contribution is 5.75. The summed E-state index contributed by atoms with van der Waals surface area (Å²) < 4.78 is 4.90. The number of furan rings is 1. The number of carboxylic acids is 1. The lowest BCUT2D eigenvalue weighted by Crippen LogP contribution is -2.44. The Kier molecular flexibility index (Phi) is 5.61. The van der Waals surface area contributed by atoms with E-state index in [1.54, 1.807) is 12.3 Å². The van der Waals surface area contributed by atoms with Crippen LogP contribution in [0, 0.1) is 5.41 Å². The third-order valence-corrected chi connectivity index (χ3v) is 2.65. The number of rotatable bonds is 6. The average molecular weight is 282 g/mol. The van der Waals surface area contributed by atoms with Gasteiger partial charge in [-0.05, 0) is 17.9 Å². The second-order valence-corrected chi connectivity index (χ2v) is 6.02. The van der Waals surface area contributed by atoms with E-state index in [0.717, 1.165) is 5.56 Å². The van der Waals surface area contributed by atoms with Crippen molar-refractivity contribution in [1.82, 2.24) is 10.6 Å². The van der Waals surface area contributed by atoms with Crippen molar-refractivity contribution >= 4 is 12.0 Å². The Balaban J connectivity index is 2.46. The van der Waals surface area contributed by atoms with Gasteiger partial charge in [0.05, 0.1) is 18.9 Å². The first-order valence-corrected chi connectivity index (χ1v) is 6.53. The molecule has 3 N–H and O–H groups in total. The highest BCUT2D eigenvalue weighted by Gasteiger charge is 2.22. The highest BCUT2D eigenvalue weighted by Crippen LogP contribution is 2.22. The Morgan fingerprint density at radius 3 is 2.60 bits per heavy atom. The van der Waals surface area contributed by atoms with Crippen molar-refractivity contribution < 1.29 is 19.1 Å². The topological polar surface area (TPSA) is 91.6 Å². The Bertz CT molecular complexity index is 435. The van der Waals surface area contributed by atoms with E-state index in [-0.39, 0.29) is 17.9 Å². The van der Waals surface area contributed by atoms with Crippen LogP contribution in [-0.2, 0) is 11.3 Å². The molecule has 1 aromatic heterocycles. The Morgan fingerprint density at radius 1 is 1.40 bits per heavy atom. The molecule has 1 atom stereocenters. The first-order chi connectivity index (χ1) is 9.26. The Morgan fingerprint density at radius 2 is 2.10 bits per heavy atom. The van der Waals surface area contributed by atoms with E-state index in [1.807, 2.05) is 20.8 Å². The predicted molar refractivity (Wildman–Crippen MR) is 74.2 cm³/mol. The fraction of sp³-hybridized carbons (Fsp3) is 0.571. The molecule has 1 rings (SSSR count). The molecule has 0 spiro atoms. The molecule has 0 saturated heterocycles. The van der Waals surface area contributed by atoms with Crippen LogP contribution in [0.15, 0.2) is 23.0 Å². The van der Waals surface area contributed by atoms with E-state index in [4.69, 9.17) is 9.52 Å². The summed E-state index contributed by atoms with van der Waals surface area (Å²) in [5.41, 5.74) is 0.795. The van der Waals surface area contributed by atoms with E-state index in [1.165, 1.54) is 6.26 Å². The zero-order valence-corrected chi connectivity index (χ0v) is 12.1. The molecule has 112 valence electrons. The molecular weight excluding hydrogens is 260 g/mol. The maximum absolute atomic E-state index is 11.8. The van der Waals surface area contributed by atoms with Gasteiger partial charge in [-0.3, -0.25) is 4.79 Å². The van der Waals surface area contributed by atoms with E-state index >= 15 is 0 Å². The van der Waals surface area contributed by atoms with Crippen molar-refractivity contribution in [2.24, 2.45) is 5.41 Å². The molecule has 0 fully saturated rings. The van der Waals surface area contributed by atoms with Gasteiger partial charge in [0.15, 0.2) is 0 Å². The van der Waals surface area contributed by atoms with Crippen LogP contribution in [0.25, 0.3) is 0 Å². The van der Waals surface area contributed by atoms with Gasteiger partial charge < -0.3 is 20.2 Å². The van der Waals surface area contributed by atoms with Gasteiger partial charge >= 0.3 is 12.0 Å². The van der Waals surface area contributed by atoms with Gasteiger partial charge in [0.25, 0.3) is 0 Å². The van der Waals surface area contributed by atoms with Crippen molar-refractivity contribution in [1.29, 1.82) is 0 Å². The lowest BCUT2D eigenvalue weighted by Gasteiger charge is -2.25. The largest absolute Gasteiger partial charge is 0.481 e. The van der Waals surface area contributed by atoms with Crippen molar-refractivity contribution in [2.45, 2.75) is 46.2 Å². The summed E-state index contributed by atoms with van der Waals surface area (Å²) in [4.78, 5) is 22.6. The third-order valence-electron chi connectivity index (χ3n) is 2.65. The van der Waals surface area contributed by atoms with Gasteiger partial charge in [0, 0.05) is 18.2 Å². The summed E-state index contributed by atoms with van der Waals surface area (Å²) in [5.74, 6) is -0.922. The molecule has 0 aliphatic heterocycles. The monoisotopic (exact) mass is 282 g/mol. The molecule has 0 bridgehead atoms. The van der Waals surface area contributed by atoms with Crippen LogP contribution in [0.3, 0.4) is 0 Å². The zero-order chi connectivity index (χ0) is 15.2. The lowest BCUT2D eigenvalue weighted by atomic mass is 9.87. The van der Waals surface area contributed by atoms with Gasteiger partial charge in [-0.2, -0.15) is 0 Å². The van der Waals surface area contributed by atoms with E-state index in [9.17, 15) is 9.59 Å². The van der Waals surface area contributed by atoms with Crippen LogP contribution in [0.1, 0.15) is 39.2 Å². The van der Waals surface area contributed by atoms with Crippen molar-refractivity contribution in [2.75, 3.05) is 0 Å². The van der Waals surface area contributed by atoms with Crippen molar-refractivity contribution in [3.63, 3.8) is 0 Å². The summed E-state index contributed by atoms with van der Waals surface area (Å²) in [6.45, 7) is 6.37. The van der Waals surface area contributed by atoms with Crippen molar-refractivity contribution in [3.05, 3.63) is 24.2 Å². The average Bonchev–Trinajstić information content (AvgIpc) is 2.75. The Labute approximate surface area is 118 Å². The predicted octanol–water partition coefficient (Wildman–Crippen LogP) is 2.36. The van der Waals surface area contributed by atoms with Crippen LogP contribution in [0.2, 0.25) is 0 Å². The second-order valence-electron chi connectivity index (χ2n) is 6.02. The van der Waals surface area contributed by atoms with Crippen LogP contribution >= 0.6 is 0 Å². The lowest BCUT2D eigenvalue weighted by molar-refractivity contribution is -0.137. The molecule has 0 aromatic carbocycles. The highest BCUT2D eigenvalue weighted by atomic mass is 16.4. The van der Waals surface area contributed by atoms with E-state index in [0.29, 0.717) is 13.0 Å². The minimum Gasteiger partial charge on any atom is -0.481 e. The first-order valence-electron chi connectivity index (χ1n) is 6.53. The minimum atomic E-state index is -0.922. The minimum absolute atomic E-state index is 0.0576. The van der Waals surface area contributed by atoms with Gasteiger partial charge in [0.1, 0.15) is 0 Å². The summed E-state index contributed by atoms with van der Waals surface area (Å²) in [6, 6.07) is 0.989. The number of carbonyl (C=O) groups is 2. The van der Waals surface area contributed by atoms with Gasteiger partial charge in [0.2, 0.25) is 0 Å². The quantitative estimate of drug-likeness (QED) is 0.747. The van der Waals surface area contributed by atoms with E-state index < -0.39 is 12.0 Å². The maximum Gasteiger partial charge on any atom is 0.315 e. The Hall–Kier alpha value is -1.98. The van der Waals surface area contributed by atoms with Gasteiger partial charge in [-0.25, -0.2) is 4.79 Å². The summed E-state index contributed by atoms with van der Waals surface area (Å²) in [5, 5.41) is 14.3. The molecule has 20 heavy (non-hydrogen) atoms. The maximum atomic E-state index is 11.8. The van der Waals surface area contributed by atoms with Gasteiger partial charge in [-0.1, -0.05) is 20.8 Å². The van der Waals surface area contributed by atoms with Crippen LogP contribution < -0.4 is 10.6 Å². The van der Waals surface area contributed by atoms with E-state index in [2.05, 4.69) is 10.6 Å². The molecule has 1 heterocycles. The molecule has 6 nitrogen and oxygen atoms in total. The second kappa shape index (κ2) is 6.98. The number of amides is 2. The normalized spacial score (nSPS) is 12.8. The molecular formula is C14H22N2O4. The molecule has 0 saturated carbocycles. The number of hydrogen-bond acceptors (Lipinski definition) is 3. The molecule has 0 aliphatic rings. The summed E-state index contributed by atoms with van der Waals surface area (Å²) >= 11 is 0. The van der Waals surface area contributed by atoms with Gasteiger partial charge in [-0.15, -0.1) is 0 Å². The zero-order valence-electron chi connectivity index (χ0n) is 12.1. The number of nitrogens with one attached hydrogen (secondary N) is 2. The third kappa shape index (κ3) is 6.82.